The average molecular weight is 402 g/mol. The van der Waals surface area contributed by atoms with Crippen LogP contribution in [0, 0.1) is 6.92 Å². The number of benzene rings is 1. The molecule has 0 fully saturated rings. The quantitative estimate of drug-likeness (QED) is 0.533. The number of thioether (sulfide) groups is 1. The molecule has 1 aliphatic rings. The molecule has 1 aliphatic carbocycles. The van der Waals surface area contributed by atoms with Gasteiger partial charge in [0.25, 0.3) is 0 Å². The Bertz CT molecular complexity index is 987. The summed E-state index contributed by atoms with van der Waals surface area (Å²) in [6, 6.07) is 6.70. The van der Waals surface area contributed by atoms with Crippen LogP contribution in [-0.4, -0.2) is 22.3 Å². The van der Waals surface area contributed by atoms with Crippen LogP contribution in [-0.2, 0) is 12.8 Å². The molecule has 1 aromatic carbocycles. The Morgan fingerprint density at radius 2 is 2.00 bits per heavy atom. The summed E-state index contributed by atoms with van der Waals surface area (Å²) in [7, 11) is 0. The third-order valence-corrected chi connectivity index (χ3v) is 8.12. The minimum absolute atomic E-state index is 0.412. The fourth-order valence-corrected chi connectivity index (χ4v) is 6.48. The van der Waals surface area contributed by atoms with E-state index in [1.807, 2.05) is 13.2 Å². The fraction of sp³-hybridized carbons (Fsp3) is 0.300. The Hall–Kier alpha value is -1.63. The van der Waals surface area contributed by atoms with Crippen molar-refractivity contribution in [3.63, 3.8) is 0 Å². The third kappa shape index (κ3) is 3.10. The first-order chi connectivity index (χ1) is 12.6. The zero-order valence-corrected chi connectivity index (χ0v) is 17.1. The van der Waals surface area contributed by atoms with Crippen molar-refractivity contribution in [2.75, 3.05) is 6.26 Å². The zero-order valence-electron chi connectivity index (χ0n) is 14.7. The van der Waals surface area contributed by atoms with Gasteiger partial charge in [0.2, 0.25) is 0 Å². The van der Waals surface area contributed by atoms with Gasteiger partial charge in [0.05, 0.1) is 9.90 Å². The molecule has 0 radical (unpaired) electrons. The van der Waals surface area contributed by atoms with E-state index in [9.17, 15) is 9.90 Å². The molecule has 0 atom stereocenters. The van der Waals surface area contributed by atoms with Crippen LogP contribution in [0.15, 0.2) is 27.8 Å². The van der Waals surface area contributed by atoms with Crippen molar-refractivity contribution >= 4 is 40.4 Å². The lowest BCUT2D eigenvalue weighted by molar-refractivity contribution is 0.0701. The van der Waals surface area contributed by atoms with Gasteiger partial charge in [-0.15, -0.1) is 34.4 Å². The highest BCUT2D eigenvalue weighted by Gasteiger charge is 2.22. The molecular formula is C20H19NO2S3. The van der Waals surface area contributed by atoms with E-state index in [1.165, 1.54) is 41.7 Å². The van der Waals surface area contributed by atoms with Crippen LogP contribution in [0.5, 0.6) is 0 Å². The zero-order chi connectivity index (χ0) is 18.3. The standard InChI is InChI=1S/C20H19NO2S3/c1-11-16(20(24-2)26-17(11)19(22)23)18-21-15(10-25-18)14-8-7-12-5-3-4-6-13(12)9-14/h7-10H,3-6H2,1-2H3,(H,22,23). The maximum absolute atomic E-state index is 11.5. The first-order valence-corrected chi connectivity index (χ1v) is 11.5. The van der Waals surface area contributed by atoms with Gasteiger partial charge in [0, 0.05) is 16.5 Å². The van der Waals surface area contributed by atoms with E-state index >= 15 is 0 Å². The van der Waals surface area contributed by atoms with Crippen molar-refractivity contribution in [1.29, 1.82) is 0 Å². The first-order valence-electron chi connectivity index (χ1n) is 8.57. The third-order valence-electron chi connectivity index (χ3n) is 4.86. The number of carboxylic acids is 1. The molecule has 0 spiro atoms. The Morgan fingerprint density at radius 3 is 2.73 bits per heavy atom. The van der Waals surface area contributed by atoms with Crippen LogP contribution in [0.3, 0.4) is 0 Å². The van der Waals surface area contributed by atoms with Gasteiger partial charge < -0.3 is 5.11 Å². The number of nitrogens with zero attached hydrogens (tertiary/aromatic N) is 1. The summed E-state index contributed by atoms with van der Waals surface area (Å²) in [5.74, 6) is -0.861. The van der Waals surface area contributed by atoms with Crippen LogP contribution in [0.4, 0.5) is 0 Å². The highest BCUT2D eigenvalue weighted by atomic mass is 32.2. The Labute approximate surface area is 165 Å². The number of rotatable bonds is 4. The van der Waals surface area contributed by atoms with Crippen molar-refractivity contribution in [3.05, 3.63) is 45.1 Å². The number of hydrogen-bond donors (Lipinski definition) is 1. The summed E-state index contributed by atoms with van der Waals surface area (Å²) < 4.78 is 1.02. The first kappa shape index (κ1) is 17.8. The van der Waals surface area contributed by atoms with E-state index in [0.29, 0.717) is 4.88 Å². The van der Waals surface area contributed by atoms with E-state index < -0.39 is 5.97 Å². The predicted molar refractivity (Wildman–Crippen MR) is 111 cm³/mol. The van der Waals surface area contributed by atoms with Crippen LogP contribution in [0.25, 0.3) is 21.8 Å². The number of hydrogen-bond acceptors (Lipinski definition) is 5. The molecule has 2 heterocycles. The van der Waals surface area contributed by atoms with Crippen LogP contribution < -0.4 is 0 Å². The molecule has 0 saturated carbocycles. The summed E-state index contributed by atoms with van der Waals surface area (Å²) in [4.78, 5) is 16.8. The van der Waals surface area contributed by atoms with Gasteiger partial charge in [-0.3, -0.25) is 0 Å². The minimum Gasteiger partial charge on any atom is -0.477 e. The molecule has 1 N–H and O–H groups in total. The molecule has 2 aromatic heterocycles. The molecule has 0 amide bonds. The molecule has 4 rings (SSSR count). The molecule has 6 heteroatoms. The number of thiophene rings is 1. The molecule has 0 aliphatic heterocycles. The summed E-state index contributed by atoms with van der Waals surface area (Å²) in [5, 5.41) is 12.4. The summed E-state index contributed by atoms with van der Waals surface area (Å²) in [6.45, 7) is 1.88. The number of carbonyl (C=O) groups is 1. The number of thiazole rings is 1. The van der Waals surface area contributed by atoms with Gasteiger partial charge in [-0.2, -0.15) is 0 Å². The summed E-state index contributed by atoms with van der Waals surface area (Å²) >= 11 is 4.52. The van der Waals surface area contributed by atoms with Crippen molar-refractivity contribution in [2.24, 2.45) is 0 Å². The van der Waals surface area contributed by atoms with E-state index in [2.05, 4.69) is 23.6 Å². The van der Waals surface area contributed by atoms with E-state index in [4.69, 9.17) is 4.98 Å². The van der Waals surface area contributed by atoms with E-state index in [0.717, 1.165) is 38.0 Å². The van der Waals surface area contributed by atoms with E-state index in [1.54, 1.807) is 23.1 Å². The lowest BCUT2D eigenvalue weighted by Crippen LogP contribution is -2.02. The highest BCUT2D eigenvalue weighted by Crippen LogP contribution is 2.43. The van der Waals surface area contributed by atoms with Gasteiger partial charge >= 0.3 is 5.97 Å². The molecule has 0 saturated heterocycles. The van der Waals surface area contributed by atoms with Gasteiger partial charge in [-0.05, 0) is 61.6 Å². The van der Waals surface area contributed by atoms with Gasteiger partial charge in [0.15, 0.2) is 0 Å². The largest absolute Gasteiger partial charge is 0.477 e. The van der Waals surface area contributed by atoms with Crippen LogP contribution >= 0.6 is 34.4 Å². The van der Waals surface area contributed by atoms with Crippen LogP contribution in [0.1, 0.15) is 39.2 Å². The normalized spacial score (nSPS) is 13.6. The molecule has 0 unspecified atom stereocenters. The maximum Gasteiger partial charge on any atom is 0.346 e. The minimum atomic E-state index is -0.861. The molecule has 134 valence electrons. The molecule has 26 heavy (non-hydrogen) atoms. The van der Waals surface area contributed by atoms with Crippen LogP contribution in [0.2, 0.25) is 0 Å². The summed E-state index contributed by atoms with van der Waals surface area (Å²) in [5.41, 5.74) is 6.86. The molecule has 3 aromatic rings. The smallest absolute Gasteiger partial charge is 0.346 e. The number of aromatic nitrogens is 1. The Morgan fingerprint density at radius 1 is 1.23 bits per heavy atom. The number of aromatic carboxylic acids is 1. The predicted octanol–water partition coefficient (Wildman–Crippen LogP) is 6.15. The summed E-state index contributed by atoms with van der Waals surface area (Å²) in [6.07, 6.45) is 6.87. The maximum atomic E-state index is 11.5. The van der Waals surface area contributed by atoms with Crippen molar-refractivity contribution < 1.29 is 9.90 Å². The second-order valence-corrected chi connectivity index (χ2v) is 9.41. The van der Waals surface area contributed by atoms with E-state index in [-0.39, 0.29) is 0 Å². The highest BCUT2D eigenvalue weighted by molar-refractivity contribution is 8.00. The molecule has 3 nitrogen and oxygen atoms in total. The second-order valence-electron chi connectivity index (χ2n) is 6.46. The van der Waals surface area contributed by atoms with Crippen molar-refractivity contribution in [1.82, 2.24) is 4.98 Å². The van der Waals surface area contributed by atoms with Crippen molar-refractivity contribution in [3.8, 4) is 21.8 Å². The van der Waals surface area contributed by atoms with Gasteiger partial charge in [0.1, 0.15) is 9.88 Å². The topological polar surface area (TPSA) is 50.2 Å². The molecular weight excluding hydrogens is 382 g/mol. The van der Waals surface area contributed by atoms with Crippen molar-refractivity contribution in [2.45, 2.75) is 36.8 Å². The Kier molecular flexibility index (Phi) is 4.90. The average Bonchev–Trinajstić information content (AvgIpc) is 3.25. The fourth-order valence-electron chi connectivity index (χ4n) is 3.50. The lowest BCUT2D eigenvalue weighted by atomic mass is 9.90. The lowest BCUT2D eigenvalue weighted by Gasteiger charge is -2.16. The van der Waals surface area contributed by atoms with Gasteiger partial charge in [-0.25, -0.2) is 9.78 Å². The second kappa shape index (κ2) is 7.18. The Balaban J connectivity index is 1.74. The van der Waals surface area contributed by atoms with Gasteiger partial charge in [-0.1, -0.05) is 12.1 Å². The monoisotopic (exact) mass is 401 g/mol. The SMILES string of the molecule is CSc1sc(C(=O)O)c(C)c1-c1nc(-c2ccc3c(c2)CCCC3)cs1. The number of aryl methyl sites for hydroxylation is 2. The number of fused-ring (bicyclic) bond motifs is 1. The number of carboxylic acid groups (broad SMARTS) is 1. The molecule has 0 bridgehead atoms.